The van der Waals surface area contributed by atoms with Gasteiger partial charge in [-0.3, -0.25) is 0 Å². The molecule has 0 fully saturated rings. The van der Waals surface area contributed by atoms with Crippen molar-refractivity contribution in [2.45, 2.75) is 5.41 Å². The van der Waals surface area contributed by atoms with Crippen molar-refractivity contribution in [3.63, 3.8) is 0 Å². The van der Waals surface area contributed by atoms with E-state index in [9.17, 15) is 0 Å². The van der Waals surface area contributed by atoms with Crippen LogP contribution >= 0.6 is 0 Å². The molecule has 0 unspecified atom stereocenters. The first-order valence-corrected chi connectivity index (χ1v) is 14.5. The zero-order chi connectivity index (χ0) is 27.9. The van der Waals surface area contributed by atoms with Gasteiger partial charge in [-0.05, 0) is 74.0 Å². The molecule has 1 nitrogen and oxygen atoms in total. The second-order valence-electron chi connectivity index (χ2n) is 11.0. The second-order valence-corrected chi connectivity index (χ2v) is 11.0. The Kier molecular flexibility index (Phi) is 5.75. The van der Waals surface area contributed by atoms with Crippen molar-refractivity contribution >= 4 is 22.1 Å². The Morgan fingerprint density at radius 1 is 0.381 bits per heavy atom. The van der Waals surface area contributed by atoms with E-state index in [0.29, 0.717) is 0 Å². The van der Waals surface area contributed by atoms with Gasteiger partial charge in [-0.1, -0.05) is 146 Å². The van der Waals surface area contributed by atoms with Crippen LogP contribution in [0.25, 0.3) is 33.0 Å². The molecule has 0 heterocycles. The van der Waals surface area contributed by atoms with Crippen LogP contribution in [-0.4, -0.2) is 0 Å². The number of para-hydroxylation sites is 1. The van der Waals surface area contributed by atoms with Gasteiger partial charge in [0.1, 0.15) is 0 Å². The Balaban J connectivity index is 1.31. The van der Waals surface area contributed by atoms with Gasteiger partial charge in [0.05, 0.1) is 5.41 Å². The Morgan fingerprint density at radius 3 is 1.74 bits per heavy atom. The van der Waals surface area contributed by atoms with Crippen molar-refractivity contribution < 1.29 is 0 Å². The second kappa shape index (κ2) is 9.90. The predicted molar refractivity (Wildman–Crippen MR) is 176 cm³/mol. The molecule has 42 heavy (non-hydrogen) atoms. The molecule has 0 radical (unpaired) electrons. The highest BCUT2D eigenvalue weighted by Crippen LogP contribution is 2.56. The summed E-state index contributed by atoms with van der Waals surface area (Å²) in [5.41, 5.74) is 11.9. The van der Waals surface area contributed by atoms with Crippen LogP contribution in [-0.2, 0) is 5.41 Å². The molecule has 0 aromatic heterocycles. The summed E-state index contributed by atoms with van der Waals surface area (Å²) in [4.78, 5) is 0. The molecule has 0 bridgehead atoms. The molecular weight excluding hydrogens is 506 g/mol. The molecule has 1 heteroatoms. The number of rotatable bonds is 5. The fourth-order valence-corrected chi connectivity index (χ4v) is 6.90. The van der Waals surface area contributed by atoms with Crippen LogP contribution in [0.5, 0.6) is 0 Å². The molecular formula is C41H29N. The number of benzene rings is 7. The van der Waals surface area contributed by atoms with E-state index in [-0.39, 0.29) is 0 Å². The standard InChI is InChI=1S/C41H29N/c1-2-16-32(17-3-1)41(38-22-9-6-20-36(38)37-21-7-10-23-39(37)41)33-18-12-15-31(27-33)35-19-8-11-24-40(35)42-34-26-25-29-13-4-5-14-30(29)28-34/h1-28,42H. The maximum atomic E-state index is 3.72. The fraction of sp³-hybridized carbons (Fsp3) is 0.0244. The van der Waals surface area contributed by atoms with Gasteiger partial charge < -0.3 is 5.32 Å². The topological polar surface area (TPSA) is 12.0 Å². The lowest BCUT2D eigenvalue weighted by molar-refractivity contribution is 0.769. The lowest BCUT2D eigenvalue weighted by Gasteiger charge is -2.34. The largest absolute Gasteiger partial charge is 0.355 e. The third-order valence-corrected chi connectivity index (χ3v) is 8.72. The number of anilines is 2. The van der Waals surface area contributed by atoms with E-state index < -0.39 is 5.41 Å². The fourth-order valence-electron chi connectivity index (χ4n) is 6.90. The molecule has 0 amide bonds. The van der Waals surface area contributed by atoms with Gasteiger partial charge in [-0.2, -0.15) is 0 Å². The first-order valence-electron chi connectivity index (χ1n) is 14.5. The molecule has 1 aliphatic carbocycles. The van der Waals surface area contributed by atoms with E-state index in [0.717, 1.165) is 11.4 Å². The minimum absolute atomic E-state index is 0.412. The van der Waals surface area contributed by atoms with Crippen molar-refractivity contribution in [3.05, 3.63) is 192 Å². The van der Waals surface area contributed by atoms with Crippen LogP contribution in [0.1, 0.15) is 22.3 Å². The van der Waals surface area contributed by atoms with Crippen molar-refractivity contribution in [1.29, 1.82) is 0 Å². The number of hydrogen-bond acceptors (Lipinski definition) is 1. The van der Waals surface area contributed by atoms with Gasteiger partial charge >= 0.3 is 0 Å². The SMILES string of the molecule is c1ccc(C2(c3cccc(-c4ccccc4Nc4ccc5ccccc5c4)c3)c3ccccc3-c3ccccc32)cc1. The first kappa shape index (κ1) is 24.4. The number of hydrogen-bond donors (Lipinski definition) is 1. The van der Waals surface area contributed by atoms with Crippen molar-refractivity contribution in [2.24, 2.45) is 0 Å². The summed E-state index contributed by atoms with van der Waals surface area (Å²) < 4.78 is 0. The van der Waals surface area contributed by atoms with Gasteiger partial charge in [0.2, 0.25) is 0 Å². The summed E-state index contributed by atoms with van der Waals surface area (Å²) in [5.74, 6) is 0. The van der Waals surface area contributed by atoms with Crippen LogP contribution in [0.3, 0.4) is 0 Å². The summed E-state index contributed by atoms with van der Waals surface area (Å²) >= 11 is 0. The minimum Gasteiger partial charge on any atom is -0.355 e. The first-order chi connectivity index (χ1) is 20.8. The minimum atomic E-state index is -0.412. The smallest absolute Gasteiger partial charge is 0.0713 e. The number of fused-ring (bicyclic) bond motifs is 4. The lowest BCUT2D eigenvalue weighted by Crippen LogP contribution is -2.28. The third kappa shape index (κ3) is 3.78. The van der Waals surface area contributed by atoms with Gasteiger partial charge in [-0.25, -0.2) is 0 Å². The molecule has 7 aromatic rings. The van der Waals surface area contributed by atoms with Gasteiger partial charge in [0.15, 0.2) is 0 Å². The maximum Gasteiger partial charge on any atom is 0.0713 e. The Labute approximate surface area is 246 Å². The molecule has 0 spiro atoms. The van der Waals surface area contributed by atoms with Crippen molar-refractivity contribution in [2.75, 3.05) is 5.32 Å². The molecule has 8 rings (SSSR count). The van der Waals surface area contributed by atoms with Crippen LogP contribution in [0.4, 0.5) is 11.4 Å². The van der Waals surface area contributed by atoms with E-state index in [1.54, 1.807) is 0 Å². The van der Waals surface area contributed by atoms with Crippen molar-refractivity contribution in [1.82, 2.24) is 0 Å². The Bertz CT molecular complexity index is 2030. The molecule has 1 N–H and O–H groups in total. The molecule has 7 aromatic carbocycles. The van der Waals surface area contributed by atoms with Gasteiger partial charge in [0, 0.05) is 16.9 Å². The quantitative estimate of drug-likeness (QED) is 0.231. The average Bonchev–Trinajstić information content (AvgIpc) is 3.37. The van der Waals surface area contributed by atoms with Crippen molar-refractivity contribution in [3.8, 4) is 22.3 Å². The van der Waals surface area contributed by atoms with Crippen LogP contribution in [0.2, 0.25) is 0 Å². The van der Waals surface area contributed by atoms with E-state index in [4.69, 9.17) is 0 Å². The predicted octanol–water partition coefficient (Wildman–Crippen LogP) is 10.6. The highest BCUT2D eigenvalue weighted by molar-refractivity contribution is 5.90. The van der Waals surface area contributed by atoms with Gasteiger partial charge in [0.25, 0.3) is 0 Å². The Hall–Kier alpha value is -5.40. The van der Waals surface area contributed by atoms with Crippen LogP contribution in [0.15, 0.2) is 170 Å². The average molecular weight is 536 g/mol. The Morgan fingerprint density at radius 2 is 0.976 bits per heavy atom. The zero-order valence-corrected chi connectivity index (χ0v) is 23.2. The summed E-state index contributed by atoms with van der Waals surface area (Å²) in [6, 6.07) is 61.6. The normalized spacial score (nSPS) is 13.0. The molecule has 0 atom stereocenters. The van der Waals surface area contributed by atoms with E-state index >= 15 is 0 Å². The molecule has 0 saturated carbocycles. The van der Waals surface area contributed by atoms with E-state index in [1.165, 1.54) is 55.3 Å². The van der Waals surface area contributed by atoms with Crippen LogP contribution < -0.4 is 5.32 Å². The molecule has 1 aliphatic rings. The van der Waals surface area contributed by atoms with E-state index in [2.05, 4.69) is 175 Å². The summed E-state index contributed by atoms with van der Waals surface area (Å²) in [6.45, 7) is 0. The zero-order valence-electron chi connectivity index (χ0n) is 23.2. The van der Waals surface area contributed by atoms with E-state index in [1.807, 2.05) is 0 Å². The van der Waals surface area contributed by atoms with Crippen LogP contribution in [0, 0.1) is 0 Å². The molecule has 198 valence electrons. The molecule has 0 saturated heterocycles. The van der Waals surface area contributed by atoms with Gasteiger partial charge in [-0.15, -0.1) is 0 Å². The summed E-state index contributed by atoms with van der Waals surface area (Å²) in [7, 11) is 0. The lowest BCUT2D eigenvalue weighted by atomic mass is 9.67. The summed E-state index contributed by atoms with van der Waals surface area (Å²) in [6.07, 6.45) is 0. The monoisotopic (exact) mass is 535 g/mol. The third-order valence-electron chi connectivity index (χ3n) is 8.72. The highest BCUT2D eigenvalue weighted by Gasteiger charge is 2.45. The number of nitrogens with one attached hydrogen (secondary N) is 1. The summed E-state index contributed by atoms with van der Waals surface area (Å²) in [5, 5.41) is 6.19. The molecule has 0 aliphatic heterocycles. The highest BCUT2D eigenvalue weighted by atomic mass is 14.9. The maximum absolute atomic E-state index is 3.72.